The number of ether oxygens (including phenoxy) is 2. The molecule has 0 saturated carbocycles. The number of methoxy groups -OCH3 is 2. The molecule has 0 aromatic heterocycles. The van der Waals surface area contributed by atoms with Crippen LogP contribution in [0.5, 0.6) is 0 Å². The summed E-state index contributed by atoms with van der Waals surface area (Å²) in [4.78, 5) is 12.4. The zero-order valence-electron chi connectivity index (χ0n) is 18.2. The summed E-state index contributed by atoms with van der Waals surface area (Å²) >= 11 is 1.15. The first kappa shape index (κ1) is 25.2. The molecule has 9 heteroatoms. The Labute approximate surface area is 189 Å². The van der Waals surface area contributed by atoms with E-state index < -0.39 is 23.4 Å². The van der Waals surface area contributed by atoms with Gasteiger partial charge in [-0.2, -0.15) is 0 Å². The second-order valence-corrected chi connectivity index (χ2v) is 8.10. The van der Waals surface area contributed by atoms with Gasteiger partial charge in [0, 0.05) is 16.9 Å². The summed E-state index contributed by atoms with van der Waals surface area (Å²) in [5, 5.41) is 0. The zero-order chi connectivity index (χ0) is 23.8. The van der Waals surface area contributed by atoms with Gasteiger partial charge in [0.2, 0.25) is 5.91 Å². The molecule has 2 N–H and O–H groups in total. The average Bonchev–Trinajstić information content (AvgIpc) is 2.73. The van der Waals surface area contributed by atoms with Crippen LogP contribution < -0.4 is 10.0 Å². The molecule has 2 aromatic rings. The Morgan fingerprint density at radius 2 is 1.75 bits per heavy atom. The van der Waals surface area contributed by atoms with Crippen molar-refractivity contribution in [2.45, 2.75) is 20.3 Å². The lowest BCUT2D eigenvalue weighted by Gasteiger charge is -2.25. The normalized spacial score (nSPS) is 12.3. The van der Waals surface area contributed by atoms with Crippen LogP contribution in [-0.4, -0.2) is 26.7 Å². The predicted molar refractivity (Wildman–Crippen MR) is 120 cm³/mol. The fourth-order valence-corrected chi connectivity index (χ4v) is 3.90. The summed E-state index contributed by atoms with van der Waals surface area (Å²) in [6, 6.07) is 7.37. The van der Waals surface area contributed by atoms with E-state index in [1.54, 1.807) is 19.9 Å². The van der Waals surface area contributed by atoms with Gasteiger partial charge in [-0.1, -0.05) is 6.07 Å². The fraction of sp³-hybridized carbons (Fsp3) is 0.261. The van der Waals surface area contributed by atoms with E-state index in [0.717, 1.165) is 24.1 Å². The lowest BCUT2D eigenvalue weighted by molar-refractivity contribution is -0.116. The molecule has 2 aromatic carbocycles. The van der Waals surface area contributed by atoms with Crippen LogP contribution in [0, 0.1) is 17.5 Å². The van der Waals surface area contributed by atoms with Crippen LogP contribution in [-0.2, 0) is 20.7 Å². The van der Waals surface area contributed by atoms with Crippen LogP contribution >= 0.6 is 11.9 Å². The molecule has 0 bridgehead atoms. The van der Waals surface area contributed by atoms with Crippen molar-refractivity contribution in [1.82, 2.24) is 0 Å². The van der Waals surface area contributed by atoms with Crippen LogP contribution in [0.2, 0.25) is 0 Å². The Morgan fingerprint density at radius 1 is 1.09 bits per heavy atom. The van der Waals surface area contributed by atoms with Crippen molar-refractivity contribution >= 4 is 23.5 Å². The molecule has 32 heavy (non-hydrogen) atoms. The Morgan fingerprint density at radius 3 is 2.31 bits per heavy atom. The highest BCUT2D eigenvalue weighted by atomic mass is 32.2. The number of allylic oxidation sites excluding steroid dienone is 3. The second kappa shape index (κ2) is 11.5. The average molecular weight is 467 g/mol. The van der Waals surface area contributed by atoms with Crippen molar-refractivity contribution in [3.05, 3.63) is 87.5 Å². The monoisotopic (exact) mass is 466 g/mol. The van der Waals surface area contributed by atoms with Gasteiger partial charge in [-0.15, -0.1) is 0 Å². The molecule has 0 unspecified atom stereocenters. The number of halogens is 3. The Kier molecular flexibility index (Phi) is 9.07. The van der Waals surface area contributed by atoms with Crippen LogP contribution in [0.25, 0.3) is 0 Å². The van der Waals surface area contributed by atoms with Crippen molar-refractivity contribution in [3.8, 4) is 0 Å². The van der Waals surface area contributed by atoms with E-state index >= 15 is 0 Å². The third kappa shape index (κ3) is 6.71. The lowest BCUT2D eigenvalue weighted by Crippen LogP contribution is -2.29. The van der Waals surface area contributed by atoms with Crippen molar-refractivity contribution in [1.29, 1.82) is 0 Å². The third-order valence-corrected chi connectivity index (χ3v) is 5.45. The molecule has 0 heterocycles. The van der Waals surface area contributed by atoms with E-state index in [-0.39, 0.29) is 18.5 Å². The number of primary amides is 1. The molecular formula is C23H25F3N2O3S. The topological polar surface area (TPSA) is 64.8 Å². The molecule has 0 saturated heterocycles. The SMILES string of the molecule is CO/C(C)=C(/C=C(\C)SN(CC(N)=O)c1ccc(F)cc1Cc1c(F)cccc1F)OC. The van der Waals surface area contributed by atoms with Crippen molar-refractivity contribution in [3.63, 3.8) is 0 Å². The second-order valence-electron chi connectivity index (χ2n) is 6.83. The molecule has 0 atom stereocenters. The highest BCUT2D eigenvalue weighted by Gasteiger charge is 2.19. The van der Waals surface area contributed by atoms with Crippen molar-refractivity contribution in [2.24, 2.45) is 5.73 Å². The number of nitrogens with zero attached hydrogens (tertiary/aromatic N) is 1. The van der Waals surface area contributed by atoms with Crippen LogP contribution in [0.3, 0.4) is 0 Å². The first-order valence-corrected chi connectivity index (χ1v) is 10.4. The first-order chi connectivity index (χ1) is 15.2. The molecular weight excluding hydrogens is 441 g/mol. The van der Waals surface area contributed by atoms with Gasteiger partial charge < -0.3 is 19.5 Å². The van der Waals surface area contributed by atoms with Crippen molar-refractivity contribution in [2.75, 3.05) is 25.1 Å². The summed E-state index contributed by atoms with van der Waals surface area (Å²) in [5.41, 5.74) is 5.92. The summed E-state index contributed by atoms with van der Waals surface area (Å²) in [6.45, 7) is 3.29. The van der Waals surface area contributed by atoms with Crippen LogP contribution in [0.15, 0.2) is 58.9 Å². The molecule has 0 fully saturated rings. The summed E-state index contributed by atoms with van der Waals surface area (Å²) in [7, 11) is 3.01. The van der Waals surface area contributed by atoms with Gasteiger partial charge in [-0.3, -0.25) is 4.79 Å². The number of hydrogen-bond donors (Lipinski definition) is 1. The quantitative estimate of drug-likeness (QED) is 0.301. The minimum atomic E-state index is -0.740. The van der Waals surface area contributed by atoms with Gasteiger partial charge in [-0.25, -0.2) is 13.2 Å². The van der Waals surface area contributed by atoms with E-state index in [9.17, 15) is 18.0 Å². The lowest BCUT2D eigenvalue weighted by atomic mass is 10.0. The maximum atomic E-state index is 14.2. The molecule has 0 radical (unpaired) electrons. The van der Waals surface area contributed by atoms with Crippen LogP contribution in [0.1, 0.15) is 25.0 Å². The highest BCUT2D eigenvalue weighted by molar-refractivity contribution is 8.04. The number of hydrogen-bond acceptors (Lipinski definition) is 5. The van der Waals surface area contributed by atoms with E-state index in [2.05, 4.69) is 0 Å². The minimum Gasteiger partial charge on any atom is -0.498 e. The van der Waals surface area contributed by atoms with Gasteiger partial charge in [0.25, 0.3) is 0 Å². The summed E-state index contributed by atoms with van der Waals surface area (Å²) < 4.78 is 54.5. The molecule has 172 valence electrons. The predicted octanol–water partition coefficient (Wildman–Crippen LogP) is 5.06. The fourth-order valence-electron chi connectivity index (χ4n) is 2.93. The number of carbonyl (C=O) groups is 1. The van der Waals surface area contributed by atoms with Gasteiger partial charge in [0.05, 0.1) is 19.9 Å². The number of nitrogens with two attached hydrogens (primary N) is 1. The number of benzene rings is 2. The summed E-state index contributed by atoms with van der Waals surface area (Å²) in [6.07, 6.45) is 1.49. The standard InChI is InChI=1S/C23H25F3N2O3S/c1-14(10-22(31-4)15(2)30-3)32-28(13-23(27)29)21-9-8-17(24)11-16(21)12-18-19(25)6-5-7-20(18)26/h5-11H,12-13H2,1-4H3,(H2,27,29)/b14-10+,22-15-. The van der Waals surface area contributed by atoms with Gasteiger partial charge in [0.1, 0.15) is 29.8 Å². The number of anilines is 1. The Balaban J connectivity index is 2.48. The maximum Gasteiger partial charge on any atom is 0.238 e. The first-order valence-electron chi connectivity index (χ1n) is 9.58. The Hall–Kier alpha value is -3.07. The van der Waals surface area contributed by atoms with Gasteiger partial charge >= 0.3 is 0 Å². The number of amides is 1. The minimum absolute atomic E-state index is 0.198. The molecule has 1 amide bonds. The van der Waals surface area contributed by atoms with Gasteiger partial charge in [-0.05, 0) is 67.8 Å². The molecule has 0 aliphatic rings. The van der Waals surface area contributed by atoms with Gasteiger partial charge in [0.15, 0.2) is 5.76 Å². The zero-order valence-corrected chi connectivity index (χ0v) is 19.1. The highest BCUT2D eigenvalue weighted by Crippen LogP contribution is 2.33. The number of rotatable bonds is 10. The van der Waals surface area contributed by atoms with E-state index in [1.165, 1.54) is 42.8 Å². The molecule has 5 nitrogen and oxygen atoms in total. The van der Waals surface area contributed by atoms with Crippen LogP contribution in [0.4, 0.5) is 18.9 Å². The van der Waals surface area contributed by atoms with E-state index in [0.29, 0.717) is 27.7 Å². The maximum absolute atomic E-state index is 14.2. The molecule has 0 aliphatic heterocycles. The van der Waals surface area contributed by atoms with E-state index in [4.69, 9.17) is 15.2 Å². The third-order valence-electron chi connectivity index (χ3n) is 4.50. The molecule has 0 spiro atoms. The molecule has 0 aliphatic carbocycles. The number of carbonyl (C=O) groups excluding carboxylic acids is 1. The Bertz CT molecular complexity index is 1020. The van der Waals surface area contributed by atoms with Crippen molar-refractivity contribution < 1.29 is 27.4 Å². The summed E-state index contributed by atoms with van der Waals surface area (Å²) in [5.74, 6) is -1.66. The molecule has 2 rings (SSSR count). The van der Waals surface area contributed by atoms with E-state index in [1.807, 2.05) is 0 Å². The smallest absolute Gasteiger partial charge is 0.238 e. The largest absolute Gasteiger partial charge is 0.498 e.